The van der Waals surface area contributed by atoms with E-state index in [0.717, 1.165) is 24.1 Å². The van der Waals surface area contributed by atoms with Crippen LogP contribution in [0.5, 0.6) is 57.5 Å². The Morgan fingerprint density at radius 3 is 1.00 bits per heavy atom. The van der Waals surface area contributed by atoms with Crippen molar-refractivity contribution in [2.24, 2.45) is 59.0 Å². The molecule has 13 unspecified atom stereocenters. The molecule has 118 heavy (non-hydrogen) atoms. The highest BCUT2D eigenvalue weighted by Crippen LogP contribution is 2.49. The normalized spacial score (nSPS) is 38.9. The van der Waals surface area contributed by atoms with Gasteiger partial charge in [-0.25, -0.2) is 0 Å². The fourth-order valence-corrected chi connectivity index (χ4v) is 15.8. The van der Waals surface area contributed by atoms with Crippen molar-refractivity contribution in [2.45, 2.75) is 214 Å². The van der Waals surface area contributed by atoms with Crippen LogP contribution in [0.15, 0.2) is 60.7 Å². The second-order valence-electron chi connectivity index (χ2n) is 29.8. The smallest absolute Gasteiger partial charge is 0.161 e. The van der Waals surface area contributed by atoms with Crippen molar-refractivity contribution in [2.75, 3.05) is 136 Å². The standard InChI is InChI=1S/3C20H29NO3.2C19H27NO3/c3*1-5-13(2)8-15-12-21-7-6-14-9-19(23-3)20(24-4)10-16(14)17(21)11-18(15)22;2*1-12(2)7-14-11-20-6-5-13-8-18(22-3)19(23-4)9-15(13)16(20)10-17(14)21/h3*9-10,13,15,17H,5-8,11-12H2,1-4H3;2*8-9,12,14,16H,5-7,10-11H2,1-4H3/i2D3,3D3,5D2,8D2,11D2,12D2,13D,15D;2D3,3D3,5D2,8D2,11D2,13D,15D;2D3,3D3,5D2,8D2,12D2,13D;3D3,10D2,11D2,14D;3D3,11D2. The van der Waals surface area contributed by atoms with E-state index in [1.165, 1.54) is 92.7 Å². The summed E-state index contributed by atoms with van der Waals surface area (Å²) in [5.74, 6) is -29.2. The Kier molecular flexibility index (Phi) is 15.0. The van der Waals surface area contributed by atoms with Crippen LogP contribution in [-0.4, -0.2) is 189 Å². The third-order valence-corrected chi connectivity index (χ3v) is 21.7. The van der Waals surface area contributed by atoms with Gasteiger partial charge in [0, 0.05) is 213 Å². The first-order valence-electron chi connectivity index (χ1n) is 66.5. The number of piperidine rings is 5. The van der Waals surface area contributed by atoms with E-state index < -0.39 is 253 Å². The van der Waals surface area contributed by atoms with E-state index in [1.54, 1.807) is 30.9 Å². The summed E-state index contributed by atoms with van der Waals surface area (Å²) in [6.45, 7) is -12.6. The Balaban J connectivity index is 0.000000204. The molecule has 5 fully saturated rings. The highest BCUT2D eigenvalue weighted by Gasteiger charge is 2.45. The number of ketones is 5. The van der Waals surface area contributed by atoms with Crippen LogP contribution in [0.4, 0.5) is 0 Å². The summed E-state index contributed by atoms with van der Waals surface area (Å²) in [5, 5.41) is 0. The maximum Gasteiger partial charge on any atom is 0.161 e. The second kappa shape index (κ2) is 41.7. The van der Waals surface area contributed by atoms with Gasteiger partial charge < -0.3 is 47.4 Å². The monoisotopic (exact) mass is 1680 g/mol. The molecule has 20 nitrogen and oxygen atoms in total. The minimum Gasteiger partial charge on any atom is -0.493 e. The molecule has 10 heterocycles. The zero-order valence-electron chi connectivity index (χ0n) is 124. The quantitative estimate of drug-likeness (QED) is 0.0598. The van der Waals surface area contributed by atoms with Gasteiger partial charge in [0.2, 0.25) is 0 Å². The van der Waals surface area contributed by atoms with E-state index in [1.807, 2.05) is 13.8 Å². The average molecular weight is 1690 g/mol. The topological polar surface area (TPSA) is 194 Å². The van der Waals surface area contributed by atoms with Crippen molar-refractivity contribution in [1.82, 2.24) is 24.5 Å². The number of carbonyl (C=O) groups excluding carboxylic acids is 5. The Morgan fingerprint density at radius 1 is 0.364 bits per heavy atom. The van der Waals surface area contributed by atoms with E-state index in [-0.39, 0.29) is 156 Å². The van der Waals surface area contributed by atoms with Gasteiger partial charge in [0.1, 0.15) is 28.9 Å². The molecular weight excluding hydrogens is 1490 g/mol. The summed E-state index contributed by atoms with van der Waals surface area (Å²) in [6.07, 6.45) is -28.0. The van der Waals surface area contributed by atoms with Gasteiger partial charge in [-0.3, -0.25) is 48.5 Å². The molecule has 20 heteroatoms. The number of benzene rings is 5. The number of ether oxygens (including phenoxy) is 10. The lowest BCUT2D eigenvalue weighted by Gasteiger charge is -2.43. The predicted molar refractivity (Wildman–Crippen MR) is 465 cm³/mol. The fourth-order valence-electron chi connectivity index (χ4n) is 15.8. The highest BCUT2D eigenvalue weighted by molar-refractivity contribution is 5.86. The molecule has 0 spiro atoms. The van der Waals surface area contributed by atoms with Crippen molar-refractivity contribution in [3.05, 3.63) is 116 Å². The summed E-state index contributed by atoms with van der Waals surface area (Å²) in [5.41, 5.74) is 4.44. The van der Waals surface area contributed by atoms with Crippen LogP contribution >= 0.6 is 0 Å². The largest absolute Gasteiger partial charge is 0.493 e. The first-order chi connectivity index (χ1) is 78.0. The number of Topliss-reactive ketones (excluding diaryl/α,β-unsaturated/α-hetero) is 5. The van der Waals surface area contributed by atoms with E-state index in [0.29, 0.717) is 66.0 Å². The Morgan fingerprint density at radius 2 is 0.653 bits per heavy atom. The summed E-state index contributed by atoms with van der Waals surface area (Å²) < 4.78 is 505. The zero-order chi connectivity index (χ0) is 134. The molecule has 0 aliphatic carbocycles. The van der Waals surface area contributed by atoms with Crippen molar-refractivity contribution in [3.8, 4) is 57.5 Å². The molecular formula is C98H141N5O15. The van der Waals surface area contributed by atoms with Crippen molar-refractivity contribution in [1.29, 1.82) is 0 Å². The zero-order valence-corrected chi connectivity index (χ0v) is 67.9. The van der Waals surface area contributed by atoms with Crippen LogP contribution in [0.3, 0.4) is 0 Å². The molecule has 0 N–H and O–H groups in total. The molecule has 13 atom stereocenters. The molecule has 0 bridgehead atoms. The third-order valence-electron chi connectivity index (χ3n) is 21.7. The number of fused-ring (bicyclic) bond motifs is 15. The maximum absolute atomic E-state index is 13.8. The molecule has 15 rings (SSSR count). The molecule has 0 saturated carbocycles. The van der Waals surface area contributed by atoms with Gasteiger partial charge in [0.25, 0.3) is 0 Å². The molecule has 648 valence electrons. The van der Waals surface area contributed by atoms with Gasteiger partial charge in [-0.15, -0.1) is 0 Å². The van der Waals surface area contributed by atoms with Crippen molar-refractivity contribution >= 4 is 28.9 Å². The van der Waals surface area contributed by atoms with E-state index in [9.17, 15) is 24.0 Å². The molecule has 0 amide bonds. The lowest BCUT2D eigenvalue weighted by Crippen LogP contribution is -2.46. The van der Waals surface area contributed by atoms with Crippen molar-refractivity contribution < 1.29 is 148 Å². The number of carbonyl (C=O) groups is 5. The molecule has 0 aromatic heterocycles. The number of hydrogen-bond donors (Lipinski definition) is 0. The first kappa shape index (κ1) is 42.4. The van der Waals surface area contributed by atoms with Gasteiger partial charge in [-0.2, -0.15) is 0 Å². The van der Waals surface area contributed by atoms with Crippen LogP contribution in [0.1, 0.15) is 315 Å². The van der Waals surface area contributed by atoms with Gasteiger partial charge in [-0.1, -0.05) is 88.1 Å². The lowest BCUT2D eigenvalue weighted by atomic mass is 9.79. The van der Waals surface area contributed by atoms with Gasteiger partial charge >= 0.3 is 0 Å². The number of nitrogens with zero attached hydrogens (tertiary/aromatic N) is 5. The minimum atomic E-state index is -4.11. The Bertz CT molecular complexity index is 6810. The molecule has 10 aliphatic rings. The molecule has 5 aromatic rings. The van der Waals surface area contributed by atoms with Crippen LogP contribution in [0.25, 0.3) is 0 Å². The molecule has 10 aliphatic heterocycles. The molecule has 0 radical (unpaired) electrons. The number of methoxy groups -OCH3 is 10. The first-order valence-corrected chi connectivity index (χ1v) is 38.5. The summed E-state index contributed by atoms with van der Waals surface area (Å²) in [4.78, 5) is 73.2. The fraction of sp³-hybridized carbons (Fsp3) is 0.643. The van der Waals surface area contributed by atoms with Gasteiger partial charge in [0.05, 0.1) is 91.3 Å². The Labute approximate surface area is 784 Å². The summed E-state index contributed by atoms with van der Waals surface area (Å²) >= 11 is 0. The van der Waals surface area contributed by atoms with Gasteiger partial charge in [-0.05, 0) is 210 Å². The average Bonchev–Trinajstić information content (AvgIpc) is 0.659. The van der Waals surface area contributed by atoms with Crippen LogP contribution < -0.4 is 47.4 Å². The van der Waals surface area contributed by atoms with Crippen LogP contribution in [0, 0.1) is 59.0 Å². The lowest BCUT2D eigenvalue weighted by molar-refractivity contribution is -0.130. The van der Waals surface area contributed by atoms with Gasteiger partial charge in [0.15, 0.2) is 57.5 Å². The van der Waals surface area contributed by atoms with Crippen molar-refractivity contribution in [3.63, 3.8) is 0 Å². The second-order valence-corrected chi connectivity index (χ2v) is 29.8. The minimum absolute atomic E-state index is 0.0293. The number of hydrogen-bond acceptors (Lipinski definition) is 20. The van der Waals surface area contributed by atoms with Crippen LogP contribution in [-0.2, 0) is 56.1 Å². The van der Waals surface area contributed by atoms with E-state index in [4.69, 9.17) is 124 Å². The summed E-state index contributed by atoms with van der Waals surface area (Å²) in [7, 11) is -7.31. The summed E-state index contributed by atoms with van der Waals surface area (Å²) in [6, 6.07) is 8.38. The number of rotatable bonds is 23. The van der Waals surface area contributed by atoms with E-state index >= 15 is 0 Å². The van der Waals surface area contributed by atoms with E-state index in [2.05, 4.69) is 0 Å². The highest BCUT2D eigenvalue weighted by atomic mass is 16.5. The third kappa shape index (κ3) is 21.0. The SMILES string of the molecule is [2H]C([2H])([2H])Oc1cc2c(cc1OC)C1CC(=O)C(C([2H])([2H])C([2H])(C([2H])([2H])[2H])C([2H])([2H])C)C([2H])([2H])N1CC2.[2H]C([2H])([2H])Oc1cc2c(cc1OC)C1CC(=O)C(CC(C)C)C([2H])([2H])N1CC2.[2H]C([2H])([2H])Oc1cc2c(cc1OC)C1N(CC2)C([2H])([2H])C([2H])(C([2H])([2H])C([2H])(C([2H])([2H])[2H])C([2H])([2H])C)C(=O)C1([2H])[2H].[2H]C([2H])([2H])Oc1cc2c(cc1OC)C1N(CC2)C([2H])([2H])C([2H])(CC(C)C)C(=O)C1([2H])[2H].[2H]C([2H])([2H])Oc1cc2c(cc1OC)C1N(CC2)CC([2H])(C([2H])([2H])C([2H])(C([2H])([2H])[2H])C([2H])([2H])C)C(=O)C1([2H])[2H]. The predicted octanol–water partition coefficient (Wildman–Crippen LogP) is 17.4. The Hall–Kier alpha value is -7.75. The maximum atomic E-state index is 13.8. The van der Waals surface area contributed by atoms with Crippen LogP contribution in [0.2, 0.25) is 0 Å². The molecule has 5 aromatic carbocycles. The molecule has 5 saturated heterocycles.